The molecule has 0 bridgehead atoms. The molecule has 47 heavy (non-hydrogen) atoms. The molecule has 0 radical (unpaired) electrons. The molecule has 1 fully saturated rings. The Morgan fingerprint density at radius 1 is 1.00 bits per heavy atom. The molecule has 246 valence electrons. The number of unbranched alkanes of at least 4 members (excludes halogenated alkanes) is 1. The van der Waals surface area contributed by atoms with Gasteiger partial charge in [-0.3, -0.25) is 14.5 Å². The number of ether oxygens (including phenoxy) is 1. The first-order valence-corrected chi connectivity index (χ1v) is 15.6. The van der Waals surface area contributed by atoms with Crippen molar-refractivity contribution in [2.45, 2.75) is 32.7 Å². The Labute approximate surface area is 270 Å². The summed E-state index contributed by atoms with van der Waals surface area (Å²) in [6.45, 7) is 7.84. The number of ketones is 1. The Balaban J connectivity index is 0.963. The number of amides is 1. The number of oxazole rings is 1. The van der Waals surface area contributed by atoms with Gasteiger partial charge in [0.05, 0.1) is 24.2 Å². The molecule has 6 rings (SSSR count). The van der Waals surface area contributed by atoms with E-state index in [-0.39, 0.29) is 17.7 Å². The number of benzene rings is 1. The van der Waals surface area contributed by atoms with Crippen LogP contribution in [0.15, 0.2) is 41.3 Å². The fourth-order valence-electron chi connectivity index (χ4n) is 5.46. The smallest absolute Gasteiger partial charge is 0.292 e. The number of aromatic nitrogens is 7. The highest BCUT2D eigenvalue weighted by Crippen LogP contribution is 2.32. The average Bonchev–Trinajstić information content (AvgIpc) is 3.64. The molecule has 5 aromatic rings. The quantitative estimate of drug-likeness (QED) is 0.148. The van der Waals surface area contributed by atoms with Gasteiger partial charge in [-0.15, -0.1) is 0 Å². The SMILES string of the molecule is CC(=O)CCOCCN1CCN(c2ncc(C(=O)NCCCCn3nc(-c4ccc5oc(N)nc5c4)c4c(N)ncnc43)cn2)CC1. The highest BCUT2D eigenvalue weighted by Gasteiger charge is 2.20. The van der Waals surface area contributed by atoms with E-state index in [0.717, 1.165) is 51.1 Å². The number of nitrogens with two attached hydrogens (primary N) is 2. The van der Waals surface area contributed by atoms with E-state index >= 15 is 0 Å². The second-order valence-corrected chi connectivity index (χ2v) is 11.4. The molecule has 1 saturated heterocycles. The minimum absolute atomic E-state index is 0.0964. The molecule has 5 heterocycles. The Hall–Kier alpha value is -5.22. The van der Waals surface area contributed by atoms with Gasteiger partial charge in [-0.25, -0.2) is 24.6 Å². The van der Waals surface area contributed by atoms with Gasteiger partial charge >= 0.3 is 0 Å². The second kappa shape index (κ2) is 14.5. The lowest BCUT2D eigenvalue weighted by molar-refractivity contribution is -0.118. The summed E-state index contributed by atoms with van der Waals surface area (Å²) in [5.41, 5.74) is 15.6. The van der Waals surface area contributed by atoms with E-state index in [4.69, 9.17) is 25.7 Å². The third-order valence-electron chi connectivity index (χ3n) is 8.02. The van der Waals surface area contributed by atoms with Crippen molar-refractivity contribution in [1.82, 2.24) is 44.9 Å². The number of nitrogen functional groups attached to an aromatic ring is 2. The summed E-state index contributed by atoms with van der Waals surface area (Å²) in [5.74, 6) is 0.867. The van der Waals surface area contributed by atoms with Crippen LogP contribution in [0.25, 0.3) is 33.4 Å². The van der Waals surface area contributed by atoms with Crippen LogP contribution in [0.1, 0.15) is 36.5 Å². The van der Waals surface area contributed by atoms with Crippen LogP contribution in [0.3, 0.4) is 0 Å². The third-order valence-corrected chi connectivity index (χ3v) is 8.02. The molecule has 1 amide bonds. The normalized spacial score (nSPS) is 13.9. The van der Waals surface area contributed by atoms with E-state index < -0.39 is 0 Å². The first-order valence-electron chi connectivity index (χ1n) is 15.6. The fourth-order valence-corrected chi connectivity index (χ4v) is 5.46. The summed E-state index contributed by atoms with van der Waals surface area (Å²) < 4.78 is 12.7. The van der Waals surface area contributed by atoms with Crippen LogP contribution in [0.2, 0.25) is 0 Å². The van der Waals surface area contributed by atoms with Crippen LogP contribution in [0.4, 0.5) is 17.8 Å². The number of fused-ring (bicyclic) bond motifs is 2. The molecule has 4 aromatic heterocycles. The molecular formula is C31H38N12O4. The van der Waals surface area contributed by atoms with Crippen molar-refractivity contribution < 1.29 is 18.7 Å². The molecule has 0 saturated carbocycles. The zero-order valence-electron chi connectivity index (χ0n) is 26.3. The summed E-state index contributed by atoms with van der Waals surface area (Å²) in [6.07, 6.45) is 6.48. The number of hydrogen-bond acceptors (Lipinski definition) is 14. The van der Waals surface area contributed by atoms with Crippen molar-refractivity contribution in [3.63, 3.8) is 0 Å². The van der Waals surface area contributed by atoms with E-state index in [1.165, 1.54) is 6.33 Å². The number of carbonyl (C=O) groups excluding carboxylic acids is 2. The Morgan fingerprint density at radius 3 is 2.60 bits per heavy atom. The number of aryl methyl sites for hydroxylation is 1. The first-order chi connectivity index (χ1) is 22.9. The Kier molecular flexibility index (Phi) is 9.78. The highest BCUT2D eigenvalue weighted by molar-refractivity contribution is 5.99. The predicted octanol–water partition coefficient (Wildman–Crippen LogP) is 1.92. The van der Waals surface area contributed by atoms with Crippen LogP contribution in [-0.4, -0.2) is 104 Å². The number of rotatable bonds is 14. The molecule has 1 aromatic carbocycles. The van der Waals surface area contributed by atoms with Gasteiger partial charge in [-0.2, -0.15) is 10.1 Å². The lowest BCUT2D eigenvalue weighted by atomic mass is 10.1. The van der Waals surface area contributed by atoms with Crippen molar-refractivity contribution in [3.05, 3.63) is 42.5 Å². The summed E-state index contributed by atoms with van der Waals surface area (Å²) in [7, 11) is 0. The number of hydrogen-bond donors (Lipinski definition) is 3. The second-order valence-electron chi connectivity index (χ2n) is 11.4. The van der Waals surface area contributed by atoms with E-state index in [9.17, 15) is 9.59 Å². The standard InChI is InChI=1S/C31H38N12O4/c1-20(44)6-14-46-15-13-41-9-11-42(12-10-41)31-35-17-22(18-36-31)29(45)34-7-2-3-8-43-28-25(27(32)37-19-38-28)26(40-43)21-4-5-24-23(16-21)39-30(33)47-24/h4-5,16-19H,2-3,6-15H2,1H3,(H2,33,39)(H,34,45)(H2,32,37,38). The van der Waals surface area contributed by atoms with Crippen LogP contribution in [-0.2, 0) is 16.1 Å². The molecule has 0 atom stereocenters. The topological polar surface area (TPSA) is 209 Å². The van der Waals surface area contributed by atoms with E-state index in [1.54, 1.807) is 25.4 Å². The van der Waals surface area contributed by atoms with Crippen LogP contribution >= 0.6 is 0 Å². The molecule has 1 aliphatic heterocycles. The molecule has 5 N–H and O–H groups in total. The zero-order valence-corrected chi connectivity index (χ0v) is 26.3. The van der Waals surface area contributed by atoms with E-state index in [2.05, 4.69) is 40.0 Å². The summed E-state index contributed by atoms with van der Waals surface area (Å²) in [6, 6.07) is 5.61. The zero-order chi connectivity index (χ0) is 32.8. The van der Waals surface area contributed by atoms with Crippen LogP contribution in [0.5, 0.6) is 0 Å². The van der Waals surface area contributed by atoms with Crippen molar-refractivity contribution in [2.24, 2.45) is 0 Å². The lowest BCUT2D eigenvalue weighted by Gasteiger charge is -2.34. The summed E-state index contributed by atoms with van der Waals surface area (Å²) in [5, 5.41) is 8.42. The van der Waals surface area contributed by atoms with E-state index in [0.29, 0.717) is 77.9 Å². The maximum atomic E-state index is 12.7. The monoisotopic (exact) mass is 642 g/mol. The number of piperazine rings is 1. The van der Waals surface area contributed by atoms with Gasteiger partial charge in [0.2, 0.25) is 5.95 Å². The molecule has 16 nitrogen and oxygen atoms in total. The van der Waals surface area contributed by atoms with Gasteiger partial charge in [0.1, 0.15) is 29.1 Å². The average molecular weight is 643 g/mol. The number of nitrogens with one attached hydrogen (secondary N) is 1. The first kappa shape index (κ1) is 31.7. The van der Waals surface area contributed by atoms with Gasteiger partial charge in [-0.1, -0.05) is 0 Å². The van der Waals surface area contributed by atoms with Gasteiger partial charge in [0.15, 0.2) is 11.2 Å². The number of Topliss-reactive ketones (excluding diaryl/α,β-unsaturated/α-hetero) is 1. The van der Waals surface area contributed by atoms with Gasteiger partial charge < -0.3 is 30.8 Å². The predicted molar refractivity (Wildman–Crippen MR) is 176 cm³/mol. The summed E-state index contributed by atoms with van der Waals surface area (Å²) >= 11 is 0. The number of nitrogens with zero attached hydrogens (tertiary/aromatic N) is 9. The van der Waals surface area contributed by atoms with Crippen LogP contribution < -0.4 is 21.7 Å². The molecule has 0 unspecified atom stereocenters. The third kappa shape index (κ3) is 7.61. The molecule has 16 heteroatoms. The van der Waals surface area contributed by atoms with Crippen molar-refractivity contribution >= 4 is 51.6 Å². The highest BCUT2D eigenvalue weighted by atomic mass is 16.5. The molecule has 1 aliphatic rings. The minimum atomic E-state index is -0.220. The largest absolute Gasteiger partial charge is 0.424 e. The maximum absolute atomic E-state index is 12.7. The Morgan fingerprint density at radius 2 is 1.81 bits per heavy atom. The number of anilines is 3. The molecule has 0 aliphatic carbocycles. The van der Waals surface area contributed by atoms with Crippen molar-refractivity contribution in [2.75, 3.05) is 68.8 Å². The van der Waals surface area contributed by atoms with Crippen LogP contribution in [0, 0.1) is 0 Å². The summed E-state index contributed by atoms with van der Waals surface area (Å²) in [4.78, 5) is 49.9. The van der Waals surface area contributed by atoms with Crippen molar-refractivity contribution in [3.8, 4) is 11.3 Å². The molecular weight excluding hydrogens is 604 g/mol. The number of carbonyl (C=O) groups is 2. The lowest BCUT2D eigenvalue weighted by Crippen LogP contribution is -2.48. The van der Waals surface area contributed by atoms with Crippen molar-refractivity contribution in [1.29, 1.82) is 0 Å². The van der Waals surface area contributed by atoms with Gasteiger partial charge in [-0.05, 0) is 38.0 Å². The van der Waals surface area contributed by atoms with E-state index in [1.807, 2.05) is 16.8 Å². The maximum Gasteiger partial charge on any atom is 0.292 e. The van der Waals surface area contributed by atoms with Gasteiger partial charge in [0.25, 0.3) is 11.9 Å². The fraction of sp³-hybridized carbons (Fsp3) is 0.419. The Bertz CT molecular complexity index is 1850. The molecule has 0 spiro atoms. The minimum Gasteiger partial charge on any atom is -0.424 e. The van der Waals surface area contributed by atoms with Gasteiger partial charge in [0, 0.05) is 70.2 Å².